The van der Waals surface area contributed by atoms with E-state index in [4.69, 9.17) is 5.11 Å². The Labute approximate surface area is 142 Å². The number of nitrogens with one attached hydrogen (secondary N) is 2. The molecule has 0 aliphatic carbocycles. The second-order valence-electron chi connectivity index (χ2n) is 4.97. The Bertz CT molecular complexity index is 636. The van der Waals surface area contributed by atoms with Gasteiger partial charge in [-0.15, -0.1) is 0 Å². The molecule has 0 radical (unpaired) electrons. The summed E-state index contributed by atoms with van der Waals surface area (Å²) in [6.45, 7) is 12.3. The molecule has 0 aliphatic rings. The average molecular weight is 328 g/mol. The second kappa shape index (κ2) is 10.9. The second-order valence-corrected chi connectivity index (χ2v) is 4.97. The van der Waals surface area contributed by atoms with Gasteiger partial charge in [-0.3, -0.25) is 4.98 Å². The first kappa shape index (κ1) is 19.3. The van der Waals surface area contributed by atoms with Crippen LogP contribution < -0.4 is 10.6 Å². The van der Waals surface area contributed by atoms with Gasteiger partial charge in [0, 0.05) is 18.2 Å². The molecule has 0 bridgehead atoms. The van der Waals surface area contributed by atoms with E-state index in [-0.39, 0.29) is 0 Å². The Morgan fingerprint density at radius 2 is 2.12 bits per heavy atom. The van der Waals surface area contributed by atoms with Crippen LogP contribution in [-0.2, 0) is 4.79 Å². The number of aromatic nitrogens is 2. The van der Waals surface area contributed by atoms with Crippen molar-refractivity contribution in [3.8, 4) is 0 Å². The first-order chi connectivity index (χ1) is 11.6. The van der Waals surface area contributed by atoms with E-state index in [1.807, 2.05) is 0 Å². The fourth-order valence-corrected chi connectivity index (χ4v) is 1.86. The van der Waals surface area contributed by atoms with E-state index in [0.29, 0.717) is 17.1 Å². The highest BCUT2D eigenvalue weighted by Gasteiger charge is 2.03. The molecule has 1 aromatic heterocycles. The third kappa shape index (κ3) is 7.51. The molecule has 1 rings (SSSR count). The number of anilines is 1. The lowest BCUT2D eigenvalue weighted by atomic mass is 10.1. The number of allylic oxidation sites excluding steroid dienone is 5. The first-order valence-electron chi connectivity index (χ1n) is 7.77. The quantitative estimate of drug-likeness (QED) is 0.329. The largest absolute Gasteiger partial charge is 0.478 e. The average Bonchev–Trinajstić information content (AvgIpc) is 2.58. The van der Waals surface area contributed by atoms with Crippen molar-refractivity contribution in [2.75, 3.05) is 25.0 Å². The van der Waals surface area contributed by atoms with Gasteiger partial charge in [-0.2, -0.15) is 0 Å². The lowest BCUT2D eigenvalue weighted by Gasteiger charge is -2.08. The number of rotatable bonds is 11. The molecule has 0 aliphatic heterocycles. The fraction of sp³-hybridized carbons (Fsp3) is 0.278. The van der Waals surface area contributed by atoms with Crippen LogP contribution in [0.15, 0.2) is 55.4 Å². The Morgan fingerprint density at radius 3 is 2.79 bits per heavy atom. The summed E-state index contributed by atoms with van der Waals surface area (Å²) in [6.07, 6.45) is 10.1. The van der Waals surface area contributed by atoms with E-state index in [1.165, 1.54) is 6.08 Å². The number of aliphatic carboxylic acids is 1. The minimum atomic E-state index is -1.02. The summed E-state index contributed by atoms with van der Waals surface area (Å²) in [5.41, 5.74) is 1.91. The number of carboxylic acids is 1. The van der Waals surface area contributed by atoms with Crippen molar-refractivity contribution in [1.29, 1.82) is 0 Å². The molecule has 0 saturated carbocycles. The molecule has 24 heavy (non-hydrogen) atoms. The van der Waals surface area contributed by atoms with Gasteiger partial charge in [0.2, 0.25) is 0 Å². The van der Waals surface area contributed by atoms with Crippen molar-refractivity contribution >= 4 is 17.4 Å². The zero-order chi connectivity index (χ0) is 17.8. The van der Waals surface area contributed by atoms with Crippen LogP contribution in [0.2, 0.25) is 0 Å². The van der Waals surface area contributed by atoms with Crippen LogP contribution in [0, 0.1) is 0 Å². The van der Waals surface area contributed by atoms with Gasteiger partial charge >= 0.3 is 5.97 Å². The summed E-state index contributed by atoms with van der Waals surface area (Å²) in [4.78, 5) is 19.2. The third-order valence-corrected chi connectivity index (χ3v) is 3.02. The molecule has 0 atom stereocenters. The highest BCUT2D eigenvalue weighted by atomic mass is 16.4. The molecule has 0 fully saturated rings. The van der Waals surface area contributed by atoms with Crippen LogP contribution in [0.25, 0.3) is 5.57 Å². The normalized spacial score (nSPS) is 11.5. The number of hydrogen-bond donors (Lipinski definition) is 3. The van der Waals surface area contributed by atoms with Crippen molar-refractivity contribution in [2.45, 2.75) is 13.3 Å². The van der Waals surface area contributed by atoms with Crippen LogP contribution in [0.1, 0.15) is 19.0 Å². The lowest BCUT2D eigenvalue weighted by molar-refractivity contribution is -0.131. The molecule has 0 aromatic carbocycles. The monoisotopic (exact) mass is 328 g/mol. The molecule has 6 heteroatoms. The Hall–Kier alpha value is -2.73. The van der Waals surface area contributed by atoms with Crippen molar-refractivity contribution in [3.63, 3.8) is 0 Å². The third-order valence-electron chi connectivity index (χ3n) is 3.02. The van der Waals surface area contributed by atoms with Crippen molar-refractivity contribution in [1.82, 2.24) is 15.3 Å². The van der Waals surface area contributed by atoms with Gasteiger partial charge in [0.15, 0.2) is 0 Å². The summed E-state index contributed by atoms with van der Waals surface area (Å²) in [6, 6.07) is 0. The first-order valence-corrected chi connectivity index (χ1v) is 7.77. The number of carbonyl (C=O) groups is 1. The maximum Gasteiger partial charge on any atom is 0.328 e. The smallest absolute Gasteiger partial charge is 0.328 e. The van der Waals surface area contributed by atoms with Crippen molar-refractivity contribution in [3.05, 3.63) is 61.1 Å². The highest BCUT2D eigenvalue weighted by molar-refractivity contribution is 5.81. The molecule has 128 valence electrons. The van der Waals surface area contributed by atoms with Crippen LogP contribution in [0.3, 0.4) is 0 Å². The van der Waals surface area contributed by atoms with Gasteiger partial charge < -0.3 is 15.7 Å². The van der Waals surface area contributed by atoms with E-state index in [1.54, 1.807) is 24.5 Å². The zero-order valence-corrected chi connectivity index (χ0v) is 14.0. The molecular formula is C18H24N4O2. The van der Waals surface area contributed by atoms with Crippen LogP contribution in [0.4, 0.5) is 5.82 Å². The predicted molar refractivity (Wildman–Crippen MR) is 97.8 cm³/mol. The topological polar surface area (TPSA) is 87.1 Å². The minimum Gasteiger partial charge on any atom is -0.478 e. The summed E-state index contributed by atoms with van der Waals surface area (Å²) < 4.78 is 0. The van der Waals surface area contributed by atoms with E-state index < -0.39 is 5.97 Å². The van der Waals surface area contributed by atoms with Crippen molar-refractivity contribution < 1.29 is 9.90 Å². The van der Waals surface area contributed by atoms with Gasteiger partial charge in [0.25, 0.3) is 0 Å². The summed E-state index contributed by atoms with van der Waals surface area (Å²) in [7, 11) is 0. The van der Waals surface area contributed by atoms with Gasteiger partial charge in [0.05, 0.1) is 18.1 Å². The molecule has 0 unspecified atom stereocenters. The maximum atomic E-state index is 10.5. The fourth-order valence-electron chi connectivity index (χ4n) is 1.86. The van der Waals surface area contributed by atoms with E-state index in [2.05, 4.69) is 40.7 Å². The van der Waals surface area contributed by atoms with Gasteiger partial charge in [-0.25, -0.2) is 9.78 Å². The molecule has 0 amide bonds. The molecule has 6 nitrogen and oxygen atoms in total. The minimum absolute atomic E-state index is 0.540. The summed E-state index contributed by atoms with van der Waals surface area (Å²) in [5, 5.41) is 15.1. The lowest BCUT2D eigenvalue weighted by Crippen LogP contribution is -2.17. The van der Waals surface area contributed by atoms with Gasteiger partial charge in [-0.1, -0.05) is 26.2 Å². The number of carboxylic acid groups (broad SMARTS) is 1. The molecule has 0 spiro atoms. The molecule has 1 heterocycles. The molecule has 1 aromatic rings. The number of nitrogens with zero attached hydrogens (tertiary/aromatic N) is 2. The van der Waals surface area contributed by atoms with Crippen LogP contribution in [0.5, 0.6) is 0 Å². The molecular weight excluding hydrogens is 304 g/mol. The van der Waals surface area contributed by atoms with Gasteiger partial charge in [-0.05, 0) is 37.2 Å². The van der Waals surface area contributed by atoms with E-state index >= 15 is 0 Å². The molecule has 0 saturated heterocycles. The van der Waals surface area contributed by atoms with Crippen molar-refractivity contribution in [2.24, 2.45) is 0 Å². The highest BCUT2D eigenvalue weighted by Crippen LogP contribution is 2.16. The predicted octanol–water partition coefficient (Wildman–Crippen LogP) is 2.65. The zero-order valence-electron chi connectivity index (χ0n) is 14.0. The van der Waals surface area contributed by atoms with Crippen LogP contribution >= 0.6 is 0 Å². The van der Waals surface area contributed by atoms with Crippen LogP contribution in [-0.4, -0.2) is 40.7 Å². The standard InChI is InChI=1S/C18H24N4O2/c1-4-15(11-14(3)7-8-18(23)24)16-12-20-13-17(22-16)21-10-6-9-19-5-2/h4,7-8,11-13,19H,1,3,5-6,9-10H2,2H3,(H,21,22)(H,23,24)/b8-7+,15-11+. The summed E-state index contributed by atoms with van der Waals surface area (Å²) >= 11 is 0. The Kier molecular flexibility index (Phi) is 8.78. The summed E-state index contributed by atoms with van der Waals surface area (Å²) in [5.74, 6) is -0.336. The SMILES string of the molecule is C=C/C(=C\C(=C)/C=C/C(=O)O)c1cncc(NCCCNCC)n1. The Balaban J connectivity index is 2.76. The van der Waals surface area contributed by atoms with E-state index in [9.17, 15) is 4.79 Å². The molecule has 3 N–H and O–H groups in total. The van der Waals surface area contributed by atoms with Gasteiger partial charge in [0.1, 0.15) is 5.82 Å². The number of hydrogen-bond acceptors (Lipinski definition) is 5. The Morgan fingerprint density at radius 1 is 1.33 bits per heavy atom. The maximum absolute atomic E-state index is 10.5. The van der Waals surface area contributed by atoms with E-state index in [0.717, 1.165) is 37.7 Å².